The molecule has 0 aliphatic rings. The lowest BCUT2D eigenvalue weighted by atomic mass is 10.2. The minimum Gasteiger partial charge on any atom is -0.283 e. The number of hydrogen-bond donors (Lipinski definition) is 2. The lowest BCUT2D eigenvalue weighted by Gasteiger charge is -2.08. The lowest BCUT2D eigenvalue weighted by molar-refractivity contribution is 0.256. The Morgan fingerprint density at radius 2 is 1.96 bits per heavy atom. The van der Waals surface area contributed by atoms with E-state index in [1.165, 1.54) is 29.5 Å². The average Bonchev–Trinajstić information content (AvgIpc) is 2.87. The highest BCUT2D eigenvalue weighted by Gasteiger charge is 2.21. The van der Waals surface area contributed by atoms with Crippen molar-refractivity contribution in [1.29, 1.82) is 0 Å². The molecule has 0 radical (unpaired) electrons. The van der Waals surface area contributed by atoms with Crippen LogP contribution in [0.3, 0.4) is 0 Å². The largest absolute Gasteiger partial charge is 0.334 e. The van der Waals surface area contributed by atoms with Crippen LogP contribution < -0.4 is 10.0 Å². The van der Waals surface area contributed by atoms with E-state index in [9.17, 15) is 13.2 Å². The lowest BCUT2D eigenvalue weighted by Crippen LogP contribution is -2.34. The van der Waals surface area contributed by atoms with Crippen LogP contribution in [0.4, 0.5) is 9.93 Å². The second-order valence-electron chi connectivity index (χ2n) is 4.98. The molecule has 0 aliphatic heterocycles. The van der Waals surface area contributed by atoms with E-state index in [0.717, 1.165) is 15.8 Å². The van der Waals surface area contributed by atoms with E-state index in [1.54, 1.807) is 6.07 Å². The minimum absolute atomic E-state index is 0.0354. The zero-order valence-electron chi connectivity index (χ0n) is 12.4. The summed E-state index contributed by atoms with van der Waals surface area (Å²) in [5, 5.41) is 2.77. The molecule has 24 heavy (non-hydrogen) atoms. The van der Waals surface area contributed by atoms with Gasteiger partial charge in [0.25, 0.3) is 10.0 Å². The number of fused-ring (bicyclic) bond motifs is 1. The van der Waals surface area contributed by atoms with Crippen LogP contribution in [-0.2, 0) is 10.0 Å². The molecular formula is C15H12ClN3O3S2. The van der Waals surface area contributed by atoms with Gasteiger partial charge < -0.3 is 0 Å². The van der Waals surface area contributed by atoms with E-state index in [1.807, 2.05) is 29.8 Å². The maximum atomic E-state index is 12.2. The molecule has 0 aliphatic carbocycles. The van der Waals surface area contributed by atoms with Gasteiger partial charge in [-0.1, -0.05) is 41.1 Å². The number of anilines is 1. The number of amides is 2. The number of aryl methyl sites for hydroxylation is 1. The van der Waals surface area contributed by atoms with E-state index in [0.29, 0.717) is 5.13 Å². The predicted molar refractivity (Wildman–Crippen MR) is 95.1 cm³/mol. The van der Waals surface area contributed by atoms with E-state index >= 15 is 0 Å². The van der Waals surface area contributed by atoms with Gasteiger partial charge in [-0.15, -0.1) is 0 Å². The molecule has 0 unspecified atom stereocenters. The molecule has 3 rings (SSSR count). The zero-order valence-corrected chi connectivity index (χ0v) is 14.8. The van der Waals surface area contributed by atoms with Crippen LogP contribution in [-0.4, -0.2) is 19.4 Å². The number of aromatic nitrogens is 1. The first kappa shape index (κ1) is 16.7. The van der Waals surface area contributed by atoms with Crippen LogP contribution in [0.1, 0.15) is 5.56 Å². The number of carbonyl (C=O) groups is 1. The summed E-state index contributed by atoms with van der Waals surface area (Å²) in [6, 6.07) is 10.7. The molecule has 2 aromatic carbocycles. The van der Waals surface area contributed by atoms with Gasteiger partial charge in [0.2, 0.25) is 0 Å². The van der Waals surface area contributed by atoms with Gasteiger partial charge in [-0.2, -0.15) is 0 Å². The van der Waals surface area contributed by atoms with Crippen molar-refractivity contribution in [2.45, 2.75) is 11.8 Å². The summed E-state index contributed by atoms with van der Waals surface area (Å²) in [7, 11) is -4.06. The fraction of sp³-hybridized carbons (Fsp3) is 0.0667. The van der Waals surface area contributed by atoms with Gasteiger partial charge >= 0.3 is 6.03 Å². The smallest absolute Gasteiger partial charge is 0.283 e. The summed E-state index contributed by atoms with van der Waals surface area (Å²) in [5.74, 6) is 0. The molecule has 6 nitrogen and oxygen atoms in total. The van der Waals surface area contributed by atoms with Crippen LogP contribution in [0.2, 0.25) is 5.02 Å². The van der Waals surface area contributed by atoms with Gasteiger partial charge in [0.15, 0.2) is 5.13 Å². The zero-order chi connectivity index (χ0) is 17.3. The van der Waals surface area contributed by atoms with Crippen molar-refractivity contribution in [3.8, 4) is 0 Å². The number of rotatable bonds is 3. The monoisotopic (exact) mass is 381 g/mol. The fourth-order valence-electron chi connectivity index (χ4n) is 2.05. The van der Waals surface area contributed by atoms with Crippen LogP contribution >= 0.6 is 22.9 Å². The van der Waals surface area contributed by atoms with E-state index in [2.05, 4.69) is 10.3 Å². The number of hydrogen-bond acceptors (Lipinski definition) is 5. The number of nitrogens with one attached hydrogen (secondary N) is 2. The SMILES string of the molecule is Cc1ccc2nc(NC(=O)NS(=O)(=O)c3ccccc3Cl)sc2c1. The van der Waals surface area contributed by atoms with Crippen molar-refractivity contribution in [3.63, 3.8) is 0 Å². The summed E-state index contributed by atoms with van der Waals surface area (Å²) in [4.78, 5) is 16.1. The van der Waals surface area contributed by atoms with Crippen molar-refractivity contribution in [3.05, 3.63) is 53.1 Å². The normalized spacial score (nSPS) is 11.4. The van der Waals surface area contributed by atoms with E-state index < -0.39 is 16.1 Å². The summed E-state index contributed by atoms with van der Waals surface area (Å²) >= 11 is 7.12. The van der Waals surface area contributed by atoms with Gasteiger partial charge in [-0.3, -0.25) is 5.32 Å². The van der Waals surface area contributed by atoms with Crippen molar-refractivity contribution < 1.29 is 13.2 Å². The van der Waals surface area contributed by atoms with Gasteiger partial charge in [-0.05, 0) is 36.8 Å². The standard InChI is InChI=1S/C15H12ClN3O3S2/c1-9-6-7-11-12(8-9)23-15(17-11)18-14(20)19-24(21,22)13-5-3-2-4-10(13)16/h2-8H,1H3,(H2,17,18,19,20). The molecule has 3 aromatic rings. The molecule has 1 heterocycles. The number of urea groups is 1. The molecule has 0 saturated carbocycles. The van der Waals surface area contributed by atoms with Gasteiger partial charge in [0, 0.05) is 0 Å². The molecule has 0 bridgehead atoms. The number of halogens is 1. The summed E-state index contributed by atoms with van der Waals surface area (Å²) in [5.41, 5.74) is 1.80. The molecule has 0 atom stereocenters. The third-order valence-corrected chi connectivity index (χ3v) is 5.88. The number of benzene rings is 2. The highest BCUT2D eigenvalue weighted by molar-refractivity contribution is 7.90. The number of thiazole rings is 1. The van der Waals surface area contributed by atoms with Gasteiger partial charge in [-0.25, -0.2) is 22.9 Å². The first-order valence-corrected chi connectivity index (χ1v) is 9.48. The molecule has 2 N–H and O–H groups in total. The average molecular weight is 382 g/mol. The molecule has 0 fully saturated rings. The summed E-state index contributed by atoms with van der Waals surface area (Å²) in [6.45, 7) is 1.95. The third-order valence-electron chi connectivity index (χ3n) is 3.12. The Morgan fingerprint density at radius 3 is 2.71 bits per heavy atom. The Kier molecular flexibility index (Phi) is 4.44. The number of nitrogens with zero attached hydrogens (tertiary/aromatic N) is 1. The maximum Gasteiger partial charge on any atom is 0.334 e. The number of sulfonamides is 1. The molecular weight excluding hydrogens is 370 g/mol. The quantitative estimate of drug-likeness (QED) is 0.722. The second-order valence-corrected chi connectivity index (χ2v) is 8.07. The number of carbonyl (C=O) groups excluding carboxylic acids is 1. The van der Waals surface area contributed by atoms with Crippen molar-refractivity contribution in [1.82, 2.24) is 9.71 Å². The first-order valence-electron chi connectivity index (χ1n) is 6.81. The highest BCUT2D eigenvalue weighted by atomic mass is 35.5. The van der Waals surface area contributed by atoms with E-state index in [-0.39, 0.29) is 9.92 Å². The summed E-state index contributed by atoms with van der Waals surface area (Å²) in [6.07, 6.45) is 0. The first-order chi connectivity index (χ1) is 11.3. The molecule has 2 amide bonds. The Hall–Kier alpha value is -2.16. The van der Waals surface area contributed by atoms with Crippen LogP contribution in [0.5, 0.6) is 0 Å². The van der Waals surface area contributed by atoms with Crippen molar-refractivity contribution >= 4 is 54.3 Å². The fourth-order valence-corrected chi connectivity index (χ4v) is 4.43. The van der Waals surface area contributed by atoms with Gasteiger partial charge in [0.05, 0.1) is 15.2 Å². The Labute approximate surface area is 147 Å². The molecule has 9 heteroatoms. The van der Waals surface area contributed by atoms with Crippen molar-refractivity contribution in [2.75, 3.05) is 5.32 Å². The molecule has 124 valence electrons. The Balaban J connectivity index is 1.78. The third kappa shape index (κ3) is 3.50. The predicted octanol–water partition coefficient (Wildman–Crippen LogP) is 3.77. The van der Waals surface area contributed by atoms with Gasteiger partial charge in [0.1, 0.15) is 4.90 Å². The Morgan fingerprint density at radius 1 is 1.21 bits per heavy atom. The van der Waals surface area contributed by atoms with E-state index in [4.69, 9.17) is 11.6 Å². The van der Waals surface area contributed by atoms with Crippen LogP contribution in [0, 0.1) is 6.92 Å². The summed E-state index contributed by atoms with van der Waals surface area (Å²) < 4.78 is 27.2. The highest BCUT2D eigenvalue weighted by Crippen LogP contribution is 2.26. The molecule has 0 spiro atoms. The topological polar surface area (TPSA) is 88.2 Å². The minimum atomic E-state index is -4.06. The van der Waals surface area contributed by atoms with Crippen LogP contribution in [0.25, 0.3) is 10.2 Å². The molecule has 0 saturated heterocycles. The maximum absolute atomic E-state index is 12.2. The second kappa shape index (κ2) is 6.39. The van der Waals surface area contributed by atoms with Crippen molar-refractivity contribution in [2.24, 2.45) is 0 Å². The Bertz CT molecular complexity index is 1030. The molecule has 1 aromatic heterocycles. The van der Waals surface area contributed by atoms with Crippen LogP contribution in [0.15, 0.2) is 47.4 Å².